The first kappa shape index (κ1) is 14.6. The maximum atomic E-state index is 8.77. The molecular formula is C13H23N5. The Labute approximate surface area is 109 Å². The van der Waals surface area contributed by atoms with Crippen LogP contribution in [0.1, 0.15) is 58.2 Å². The van der Waals surface area contributed by atoms with Gasteiger partial charge in [0.25, 0.3) is 0 Å². The number of aryl methyl sites for hydroxylation is 1. The van der Waals surface area contributed by atoms with Gasteiger partial charge < -0.3 is 0 Å². The second-order valence-electron chi connectivity index (χ2n) is 4.56. The van der Waals surface area contributed by atoms with Gasteiger partial charge in [0.05, 0.1) is 6.04 Å². The summed E-state index contributed by atoms with van der Waals surface area (Å²) in [5.74, 6) is 0.387. The summed E-state index contributed by atoms with van der Waals surface area (Å²) in [5.41, 5.74) is 9.82. The highest BCUT2D eigenvalue weighted by atomic mass is 15.3. The zero-order valence-electron chi connectivity index (χ0n) is 11.6. The first-order chi connectivity index (χ1) is 8.78. The van der Waals surface area contributed by atoms with E-state index in [0.29, 0.717) is 5.92 Å². The minimum atomic E-state index is -0.0932. The van der Waals surface area contributed by atoms with Gasteiger partial charge in [-0.25, -0.2) is 0 Å². The molecule has 100 valence electrons. The van der Waals surface area contributed by atoms with Crippen LogP contribution < -0.4 is 0 Å². The Kier molecular flexibility index (Phi) is 6.29. The lowest BCUT2D eigenvalue weighted by Crippen LogP contribution is -2.15. The molecule has 0 spiro atoms. The third-order valence-electron chi connectivity index (χ3n) is 3.45. The molecule has 5 heteroatoms. The molecule has 1 heterocycles. The molecule has 0 N–H and O–H groups in total. The number of azide groups is 1. The fraction of sp³-hybridized carbons (Fsp3) is 0.769. The van der Waals surface area contributed by atoms with Crippen LogP contribution in [0.15, 0.2) is 17.4 Å². The van der Waals surface area contributed by atoms with Crippen molar-refractivity contribution in [1.29, 1.82) is 0 Å². The van der Waals surface area contributed by atoms with Crippen LogP contribution in [0, 0.1) is 5.92 Å². The highest BCUT2D eigenvalue weighted by molar-refractivity contribution is 5.09. The molecule has 0 aliphatic carbocycles. The summed E-state index contributed by atoms with van der Waals surface area (Å²) in [6.45, 7) is 7.34. The monoisotopic (exact) mass is 249 g/mol. The van der Waals surface area contributed by atoms with E-state index >= 15 is 0 Å². The Balaban J connectivity index is 2.98. The predicted molar refractivity (Wildman–Crippen MR) is 73.1 cm³/mol. The summed E-state index contributed by atoms with van der Waals surface area (Å²) in [7, 11) is 0. The molecule has 1 rings (SSSR count). The fourth-order valence-electron chi connectivity index (χ4n) is 2.27. The summed E-state index contributed by atoms with van der Waals surface area (Å²) in [5, 5.41) is 8.34. The first-order valence-electron chi connectivity index (χ1n) is 6.84. The van der Waals surface area contributed by atoms with Crippen LogP contribution >= 0.6 is 0 Å². The average molecular weight is 249 g/mol. The number of rotatable bonds is 8. The molecule has 0 saturated heterocycles. The molecule has 18 heavy (non-hydrogen) atoms. The molecule has 5 nitrogen and oxygen atoms in total. The van der Waals surface area contributed by atoms with Crippen molar-refractivity contribution in [1.82, 2.24) is 9.78 Å². The minimum Gasteiger partial charge on any atom is -0.269 e. The molecule has 1 aromatic heterocycles. The maximum Gasteiger partial charge on any atom is 0.0822 e. The Bertz CT molecular complexity index is 388. The first-order valence-corrected chi connectivity index (χ1v) is 6.84. The molecule has 0 radical (unpaired) electrons. The lowest BCUT2D eigenvalue weighted by Gasteiger charge is -2.21. The van der Waals surface area contributed by atoms with Crippen molar-refractivity contribution in [3.8, 4) is 0 Å². The second kappa shape index (κ2) is 7.77. The molecule has 0 bridgehead atoms. The molecule has 0 aliphatic rings. The molecule has 0 fully saturated rings. The molecule has 0 aliphatic heterocycles. The molecule has 0 aromatic carbocycles. The summed E-state index contributed by atoms with van der Waals surface area (Å²) in [4.78, 5) is 3.01. The van der Waals surface area contributed by atoms with E-state index in [1.54, 1.807) is 6.20 Å². The zero-order chi connectivity index (χ0) is 13.4. The third-order valence-corrected chi connectivity index (χ3v) is 3.45. The summed E-state index contributed by atoms with van der Waals surface area (Å²) >= 11 is 0. The number of hydrogen-bond acceptors (Lipinski definition) is 2. The van der Waals surface area contributed by atoms with Crippen LogP contribution in [-0.2, 0) is 6.54 Å². The van der Waals surface area contributed by atoms with Crippen LogP contribution in [0.5, 0.6) is 0 Å². The SMILES string of the molecule is CCCCn1nccc1C(N=[N+]=[N-])C(CC)CC. The average Bonchev–Trinajstić information content (AvgIpc) is 2.84. The van der Waals surface area contributed by atoms with E-state index in [4.69, 9.17) is 5.53 Å². The van der Waals surface area contributed by atoms with E-state index in [2.05, 4.69) is 35.9 Å². The van der Waals surface area contributed by atoms with Crippen molar-refractivity contribution in [2.24, 2.45) is 11.0 Å². The molecule has 1 unspecified atom stereocenters. The summed E-state index contributed by atoms with van der Waals surface area (Å²) < 4.78 is 1.99. The van der Waals surface area contributed by atoms with Crippen molar-refractivity contribution in [3.05, 3.63) is 28.4 Å². The Morgan fingerprint density at radius 2 is 2.11 bits per heavy atom. The van der Waals surface area contributed by atoms with Crippen molar-refractivity contribution in [3.63, 3.8) is 0 Å². The van der Waals surface area contributed by atoms with Crippen LogP contribution in [0.25, 0.3) is 10.4 Å². The highest BCUT2D eigenvalue weighted by Gasteiger charge is 2.22. The van der Waals surface area contributed by atoms with Gasteiger partial charge in [-0.2, -0.15) is 5.10 Å². The minimum absolute atomic E-state index is 0.0932. The number of aromatic nitrogens is 2. The van der Waals surface area contributed by atoms with Crippen LogP contribution in [-0.4, -0.2) is 9.78 Å². The van der Waals surface area contributed by atoms with Gasteiger partial charge in [-0.05, 0) is 23.9 Å². The van der Waals surface area contributed by atoms with Crippen LogP contribution in [0.4, 0.5) is 0 Å². The fourth-order valence-corrected chi connectivity index (χ4v) is 2.27. The quantitative estimate of drug-likeness (QED) is 0.380. The normalized spacial score (nSPS) is 12.4. The van der Waals surface area contributed by atoms with Crippen molar-refractivity contribution < 1.29 is 0 Å². The zero-order valence-corrected chi connectivity index (χ0v) is 11.6. The Morgan fingerprint density at radius 3 is 2.67 bits per heavy atom. The largest absolute Gasteiger partial charge is 0.269 e. The highest BCUT2D eigenvalue weighted by Crippen LogP contribution is 2.31. The Morgan fingerprint density at radius 1 is 1.39 bits per heavy atom. The van der Waals surface area contributed by atoms with E-state index in [9.17, 15) is 0 Å². The van der Waals surface area contributed by atoms with E-state index in [1.807, 2.05) is 10.7 Å². The lowest BCUT2D eigenvalue weighted by atomic mass is 9.92. The van der Waals surface area contributed by atoms with Gasteiger partial charge in [-0.15, -0.1) is 0 Å². The van der Waals surface area contributed by atoms with Crippen molar-refractivity contribution in [2.75, 3.05) is 0 Å². The van der Waals surface area contributed by atoms with Gasteiger partial charge in [0.2, 0.25) is 0 Å². The second-order valence-corrected chi connectivity index (χ2v) is 4.56. The summed E-state index contributed by atoms with van der Waals surface area (Å²) in [6, 6.07) is 1.89. The van der Waals surface area contributed by atoms with Crippen LogP contribution in [0.3, 0.4) is 0 Å². The Hall–Kier alpha value is -1.48. The van der Waals surface area contributed by atoms with E-state index in [1.165, 1.54) is 0 Å². The van der Waals surface area contributed by atoms with E-state index < -0.39 is 0 Å². The summed E-state index contributed by atoms with van der Waals surface area (Å²) in [6.07, 6.45) is 6.06. The van der Waals surface area contributed by atoms with Gasteiger partial charge in [0.1, 0.15) is 0 Å². The van der Waals surface area contributed by atoms with E-state index in [-0.39, 0.29) is 6.04 Å². The van der Waals surface area contributed by atoms with Gasteiger partial charge >= 0.3 is 0 Å². The standard InChI is InChI=1S/C13H23N5/c1-4-7-10-18-12(8-9-15-18)13(16-17-14)11(5-2)6-3/h8-9,11,13H,4-7,10H2,1-3H3. The predicted octanol–water partition coefficient (Wildman–Crippen LogP) is 4.47. The lowest BCUT2D eigenvalue weighted by molar-refractivity contribution is 0.378. The van der Waals surface area contributed by atoms with Gasteiger partial charge in [-0.3, -0.25) is 4.68 Å². The van der Waals surface area contributed by atoms with Gasteiger partial charge in [-0.1, -0.05) is 45.1 Å². The number of unbranched alkanes of at least 4 members (excludes halogenated alkanes) is 1. The van der Waals surface area contributed by atoms with Crippen LogP contribution in [0.2, 0.25) is 0 Å². The molecule has 1 atom stereocenters. The van der Waals surface area contributed by atoms with E-state index in [0.717, 1.165) is 37.9 Å². The number of nitrogens with zero attached hydrogens (tertiary/aromatic N) is 5. The van der Waals surface area contributed by atoms with Gasteiger partial charge in [0.15, 0.2) is 0 Å². The topological polar surface area (TPSA) is 66.6 Å². The molecular weight excluding hydrogens is 226 g/mol. The third kappa shape index (κ3) is 3.50. The van der Waals surface area contributed by atoms with Crippen molar-refractivity contribution in [2.45, 2.75) is 59.0 Å². The van der Waals surface area contributed by atoms with Crippen molar-refractivity contribution >= 4 is 0 Å². The number of hydrogen-bond donors (Lipinski definition) is 0. The van der Waals surface area contributed by atoms with Gasteiger partial charge in [0, 0.05) is 23.3 Å². The molecule has 0 amide bonds. The smallest absolute Gasteiger partial charge is 0.0822 e. The molecule has 1 aromatic rings. The molecule has 0 saturated carbocycles. The maximum absolute atomic E-state index is 8.77.